The second kappa shape index (κ2) is 5.85. The first-order valence-corrected chi connectivity index (χ1v) is 7.69. The van der Waals surface area contributed by atoms with Crippen LogP contribution in [0.2, 0.25) is 0 Å². The number of benzene rings is 1. The maximum absolute atomic E-state index is 12.6. The van der Waals surface area contributed by atoms with Crippen molar-refractivity contribution in [2.24, 2.45) is 0 Å². The second-order valence-electron chi connectivity index (χ2n) is 5.59. The summed E-state index contributed by atoms with van der Waals surface area (Å²) >= 11 is 0. The molecule has 2 aromatic rings. The Balaban J connectivity index is 1.73. The number of nitrogens with zero attached hydrogens (tertiary/aromatic N) is 3. The van der Waals surface area contributed by atoms with Crippen molar-refractivity contribution >= 4 is 16.8 Å². The highest BCUT2D eigenvalue weighted by molar-refractivity contribution is 5.97. The number of likely N-dealkylation sites (N-methyl/N-ethyl adjacent to an activating group) is 1. The first-order valence-electron chi connectivity index (χ1n) is 7.69. The molecule has 1 amide bonds. The predicted octanol–water partition coefficient (Wildman–Crippen LogP) is 2.12. The third-order valence-electron chi connectivity index (χ3n) is 4.47. The van der Waals surface area contributed by atoms with Crippen molar-refractivity contribution in [3.63, 3.8) is 0 Å². The molecule has 0 saturated carbocycles. The lowest BCUT2D eigenvalue weighted by Crippen LogP contribution is -2.38. The number of hydrogen-bond acceptors (Lipinski definition) is 3. The lowest BCUT2D eigenvalue weighted by molar-refractivity contribution is 0.0778. The van der Waals surface area contributed by atoms with Gasteiger partial charge in [0.25, 0.3) is 5.91 Å². The summed E-state index contributed by atoms with van der Waals surface area (Å²) < 4.78 is 0. The van der Waals surface area contributed by atoms with E-state index >= 15 is 0 Å². The minimum absolute atomic E-state index is 0.126. The van der Waals surface area contributed by atoms with Crippen molar-refractivity contribution in [3.05, 3.63) is 30.0 Å². The Morgan fingerprint density at radius 3 is 3.00 bits per heavy atom. The summed E-state index contributed by atoms with van der Waals surface area (Å²) in [6, 6.07) is 6.24. The third kappa shape index (κ3) is 2.65. The summed E-state index contributed by atoms with van der Waals surface area (Å²) in [6.07, 6.45) is 2.84. The number of aromatic amines is 1. The number of fused-ring (bicyclic) bond motifs is 1. The van der Waals surface area contributed by atoms with E-state index in [-0.39, 0.29) is 5.91 Å². The fraction of sp³-hybridized carbons (Fsp3) is 0.500. The highest BCUT2D eigenvalue weighted by Gasteiger charge is 2.29. The predicted molar refractivity (Wildman–Crippen MR) is 83.3 cm³/mol. The fourth-order valence-corrected chi connectivity index (χ4v) is 3.22. The Morgan fingerprint density at radius 2 is 2.24 bits per heavy atom. The molecule has 1 aliphatic rings. The van der Waals surface area contributed by atoms with Gasteiger partial charge in [0.1, 0.15) is 0 Å². The summed E-state index contributed by atoms with van der Waals surface area (Å²) in [5.74, 6) is 0.126. The molecule has 1 aromatic heterocycles. The zero-order valence-corrected chi connectivity index (χ0v) is 12.7. The average molecular weight is 286 g/mol. The van der Waals surface area contributed by atoms with Gasteiger partial charge in [0.2, 0.25) is 0 Å². The van der Waals surface area contributed by atoms with Gasteiger partial charge >= 0.3 is 0 Å². The molecule has 1 unspecified atom stereocenters. The van der Waals surface area contributed by atoms with Crippen LogP contribution in [0.1, 0.15) is 30.6 Å². The van der Waals surface area contributed by atoms with E-state index in [2.05, 4.69) is 28.9 Å². The van der Waals surface area contributed by atoms with Crippen molar-refractivity contribution in [1.29, 1.82) is 0 Å². The average Bonchev–Trinajstić information content (AvgIpc) is 3.16. The van der Waals surface area contributed by atoms with Crippen LogP contribution in [0.25, 0.3) is 10.9 Å². The van der Waals surface area contributed by atoms with Crippen LogP contribution in [-0.2, 0) is 0 Å². The van der Waals surface area contributed by atoms with Crippen LogP contribution < -0.4 is 0 Å². The zero-order chi connectivity index (χ0) is 14.8. The minimum atomic E-state index is 0.126. The minimum Gasteiger partial charge on any atom is -0.337 e. The number of nitrogens with one attached hydrogen (secondary N) is 1. The molecule has 3 rings (SSSR count). The van der Waals surface area contributed by atoms with E-state index < -0.39 is 0 Å². The first-order chi connectivity index (χ1) is 10.2. The number of likely N-dealkylation sites (tertiary alicyclic amines) is 1. The lowest BCUT2D eigenvalue weighted by atomic mass is 10.1. The van der Waals surface area contributed by atoms with Crippen molar-refractivity contribution in [3.8, 4) is 0 Å². The molecule has 1 N–H and O–H groups in total. The largest absolute Gasteiger partial charge is 0.337 e. The standard InChI is InChI=1S/C16H22N4O/c1-3-19(4-2)14-7-8-20(11-14)16(21)12-5-6-13-10-17-18-15(13)9-12/h5-6,9-10,14H,3-4,7-8,11H2,1-2H3,(H,17,18). The van der Waals surface area contributed by atoms with Gasteiger partial charge in [-0.2, -0.15) is 5.10 Å². The smallest absolute Gasteiger partial charge is 0.253 e. The number of carbonyl (C=O) groups is 1. The van der Waals surface area contributed by atoms with Gasteiger partial charge in [0, 0.05) is 30.1 Å². The zero-order valence-electron chi connectivity index (χ0n) is 12.7. The molecule has 0 radical (unpaired) electrons. The molecular formula is C16H22N4O. The van der Waals surface area contributed by atoms with Gasteiger partial charge in [-0.25, -0.2) is 0 Å². The second-order valence-corrected chi connectivity index (χ2v) is 5.59. The van der Waals surface area contributed by atoms with E-state index in [4.69, 9.17) is 0 Å². The van der Waals surface area contributed by atoms with Gasteiger partial charge in [0.15, 0.2) is 0 Å². The first kappa shape index (κ1) is 14.1. The van der Waals surface area contributed by atoms with E-state index in [1.165, 1.54) is 0 Å². The topological polar surface area (TPSA) is 52.2 Å². The number of carbonyl (C=O) groups excluding carboxylic acids is 1. The molecule has 1 fully saturated rings. The van der Waals surface area contributed by atoms with Gasteiger partial charge in [-0.1, -0.05) is 19.9 Å². The van der Waals surface area contributed by atoms with E-state index in [9.17, 15) is 4.79 Å². The Hall–Kier alpha value is -1.88. The van der Waals surface area contributed by atoms with Gasteiger partial charge in [-0.15, -0.1) is 0 Å². The Bertz CT molecular complexity index is 632. The van der Waals surface area contributed by atoms with Crippen LogP contribution in [0.4, 0.5) is 0 Å². The fourth-order valence-electron chi connectivity index (χ4n) is 3.22. The monoisotopic (exact) mass is 286 g/mol. The van der Waals surface area contributed by atoms with E-state index in [0.717, 1.165) is 49.1 Å². The molecular weight excluding hydrogens is 264 g/mol. The molecule has 0 bridgehead atoms. The normalized spacial score (nSPS) is 18.8. The van der Waals surface area contributed by atoms with Gasteiger partial charge in [0.05, 0.1) is 11.7 Å². The summed E-state index contributed by atoms with van der Waals surface area (Å²) in [5, 5.41) is 7.96. The number of H-pyrrole nitrogens is 1. The summed E-state index contributed by atoms with van der Waals surface area (Å²) in [4.78, 5) is 17.0. The van der Waals surface area contributed by atoms with Crippen molar-refractivity contribution in [2.75, 3.05) is 26.2 Å². The van der Waals surface area contributed by atoms with Crippen molar-refractivity contribution in [2.45, 2.75) is 26.3 Å². The molecule has 5 nitrogen and oxygen atoms in total. The summed E-state index contributed by atoms with van der Waals surface area (Å²) in [5.41, 5.74) is 1.66. The van der Waals surface area contributed by atoms with Crippen LogP contribution in [0.3, 0.4) is 0 Å². The van der Waals surface area contributed by atoms with Crippen LogP contribution in [0.15, 0.2) is 24.4 Å². The molecule has 1 saturated heterocycles. The molecule has 0 aliphatic carbocycles. The maximum Gasteiger partial charge on any atom is 0.253 e. The van der Waals surface area contributed by atoms with E-state index in [1.54, 1.807) is 6.20 Å². The summed E-state index contributed by atoms with van der Waals surface area (Å²) in [6.45, 7) is 8.13. The van der Waals surface area contributed by atoms with Crippen LogP contribution in [0, 0.1) is 0 Å². The highest BCUT2D eigenvalue weighted by Crippen LogP contribution is 2.20. The lowest BCUT2D eigenvalue weighted by Gasteiger charge is -2.26. The van der Waals surface area contributed by atoms with Crippen molar-refractivity contribution in [1.82, 2.24) is 20.0 Å². The maximum atomic E-state index is 12.6. The van der Waals surface area contributed by atoms with Gasteiger partial charge in [-0.05, 0) is 31.6 Å². The van der Waals surface area contributed by atoms with Crippen LogP contribution in [0.5, 0.6) is 0 Å². The van der Waals surface area contributed by atoms with Gasteiger partial charge in [-0.3, -0.25) is 14.8 Å². The van der Waals surface area contributed by atoms with E-state index in [1.807, 2.05) is 23.1 Å². The number of aromatic nitrogens is 2. The summed E-state index contributed by atoms with van der Waals surface area (Å²) in [7, 11) is 0. The highest BCUT2D eigenvalue weighted by atomic mass is 16.2. The third-order valence-corrected chi connectivity index (χ3v) is 4.47. The molecule has 0 spiro atoms. The van der Waals surface area contributed by atoms with Crippen LogP contribution in [-0.4, -0.2) is 58.1 Å². The SMILES string of the molecule is CCN(CC)C1CCN(C(=O)c2ccc3cn[nH]c3c2)C1. The Kier molecular flexibility index (Phi) is 3.92. The molecule has 112 valence electrons. The molecule has 1 aliphatic heterocycles. The number of hydrogen-bond donors (Lipinski definition) is 1. The number of rotatable bonds is 4. The Labute approximate surface area is 124 Å². The molecule has 2 heterocycles. The van der Waals surface area contributed by atoms with Crippen molar-refractivity contribution < 1.29 is 4.79 Å². The Morgan fingerprint density at radius 1 is 1.43 bits per heavy atom. The molecule has 1 atom stereocenters. The molecule has 5 heteroatoms. The van der Waals surface area contributed by atoms with Gasteiger partial charge < -0.3 is 4.90 Å². The molecule has 21 heavy (non-hydrogen) atoms. The quantitative estimate of drug-likeness (QED) is 0.936. The van der Waals surface area contributed by atoms with Crippen LogP contribution >= 0.6 is 0 Å². The van der Waals surface area contributed by atoms with E-state index in [0.29, 0.717) is 6.04 Å². The number of amides is 1. The molecule has 1 aromatic carbocycles.